The van der Waals surface area contributed by atoms with Crippen LogP contribution in [0.25, 0.3) is 0 Å². The van der Waals surface area contributed by atoms with Crippen molar-refractivity contribution in [2.75, 3.05) is 26.1 Å². The number of nitrogens with one attached hydrogen (secondary N) is 1. The number of ether oxygens (including phenoxy) is 2. The van der Waals surface area contributed by atoms with Crippen LogP contribution in [0.15, 0.2) is 18.2 Å². The summed E-state index contributed by atoms with van der Waals surface area (Å²) in [6, 6.07) is 4.24. The Hall–Kier alpha value is -1.95. The number of carboxylic acids is 1. The number of methoxy groups -OCH3 is 2. The lowest BCUT2D eigenvalue weighted by Gasteiger charge is -2.12. The van der Waals surface area contributed by atoms with Gasteiger partial charge in [0.1, 0.15) is 17.5 Å². The molecule has 0 bridgehead atoms. The Morgan fingerprint density at radius 1 is 1.35 bits per heavy atom. The van der Waals surface area contributed by atoms with Crippen LogP contribution < -0.4 is 20.5 Å². The van der Waals surface area contributed by atoms with E-state index in [1.807, 2.05) is 0 Å². The van der Waals surface area contributed by atoms with Crippen LogP contribution in [-0.4, -0.2) is 37.9 Å². The highest BCUT2D eigenvalue weighted by molar-refractivity contribution is 5.74. The number of hydrogen-bond donors (Lipinski definition) is 3. The molecule has 0 aliphatic rings. The summed E-state index contributed by atoms with van der Waals surface area (Å²) in [4.78, 5) is 10.6. The number of carbonyl (C=O) groups is 1. The molecule has 6 heteroatoms. The minimum atomic E-state index is -1.05. The normalized spacial score (nSPS) is 11.7. The molecule has 0 fully saturated rings. The van der Waals surface area contributed by atoms with Crippen LogP contribution in [0.2, 0.25) is 0 Å². The van der Waals surface area contributed by atoms with E-state index in [2.05, 4.69) is 5.32 Å². The van der Waals surface area contributed by atoms with E-state index in [1.165, 1.54) is 0 Å². The molecule has 0 aromatic heterocycles. The van der Waals surface area contributed by atoms with Crippen molar-refractivity contribution in [3.8, 4) is 11.5 Å². The Bertz CT molecular complexity index is 373. The number of aliphatic carboxylic acids is 1. The fourth-order valence-corrected chi connectivity index (χ4v) is 1.22. The number of hydrogen-bond acceptors (Lipinski definition) is 5. The van der Waals surface area contributed by atoms with Crippen molar-refractivity contribution >= 4 is 11.7 Å². The van der Waals surface area contributed by atoms with Gasteiger partial charge in [-0.05, 0) is 0 Å². The summed E-state index contributed by atoms with van der Waals surface area (Å²) < 4.78 is 10.2. The minimum Gasteiger partial charge on any atom is -0.497 e. The van der Waals surface area contributed by atoms with Crippen LogP contribution in [0.1, 0.15) is 0 Å². The largest absolute Gasteiger partial charge is 0.497 e. The highest BCUT2D eigenvalue weighted by atomic mass is 16.5. The molecule has 1 atom stereocenters. The minimum absolute atomic E-state index is 0.131. The summed E-state index contributed by atoms with van der Waals surface area (Å²) in [6.45, 7) is 0.131. The van der Waals surface area contributed by atoms with Crippen LogP contribution in [-0.2, 0) is 4.79 Å². The topological polar surface area (TPSA) is 93.8 Å². The zero-order valence-corrected chi connectivity index (χ0v) is 9.77. The predicted molar refractivity (Wildman–Crippen MR) is 63.6 cm³/mol. The van der Waals surface area contributed by atoms with Gasteiger partial charge in [0, 0.05) is 30.4 Å². The van der Waals surface area contributed by atoms with E-state index < -0.39 is 12.0 Å². The number of benzene rings is 1. The Labute approximate surface area is 99.3 Å². The van der Waals surface area contributed by atoms with Crippen molar-refractivity contribution in [2.45, 2.75) is 6.04 Å². The summed E-state index contributed by atoms with van der Waals surface area (Å²) in [5.74, 6) is 0.193. The zero-order chi connectivity index (χ0) is 12.8. The SMILES string of the molecule is COc1cc(NCC(N)C(=O)O)cc(OC)c1. The van der Waals surface area contributed by atoms with Crippen LogP contribution in [0.4, 0.5) is 5.69 Å². The van der Waals surface area contributed by atoms with Crippen molar-refractivity contribution in [3.63, 3.8) is 0 Å². The molecule has 0 spiro atoms. The first kappa shape index (κ1) is 13.1. The average Bonchev–Trinajstić information content (AvgIpc) is 2.35. The van der Waals surface area contributed by atoms with E-state index in [1.54, 1.807) is 32.4 Å². The van der Waals surface area contributed by atoms with Gasteiger partial charge in [0.25, 0.3) is 0 Å². The first-order valence-corrected chi connectivity index (χ1v) is 5.02. The highest BCUT2D eigenvalue weighted by Crippen LogP contribution is 2.25. The second kappa shape index (κ2) is 5.95. The Morgan fingerprint density at radius 3 is 2.29 bits per heavy atom. The molecule has 17 heavy (non-hydrogen) atoms. The van der Waals surface area contributed by atoms with Gasteiger partial charge in [-0.2, -0.15) is 0 Å². The van der Waals surface area contributed by atoms with Gasteiger partial charge in [-0.15, -0.1) is 0 Å². The van der Waals surface area contributed by atoms with Gasteiger partial charge in [0.2, 0.25) is 0 Å². The molecule has 6 nitrogen and oxygen atoms in total. The van der Waals surface area contributed by atoms with E-state index in [0.717, 1.165) is 0 Å². The van der Waals surface area contributed by atoms with Gasteiger partial charge in [0.15, 0.2) is 0 Å². The lowest BCUT2D eigenvalue weighted by Crippen LogP contribution is -2.36. The standard InChI is InChI=1S/C11H16N2O4/c1-16-8-3-7(4-9(5-8)17-2)13-6-10(12)11(14)15/h3-5,10,13H,6,12H2,1-2H3,(H,14,15). The fourth-order valence-electron chi connectivity index (χ4n) is 1.22. The maximum atomic E-state index is 10.6. The summed E-state index contributed by atoms with van der Waals surface area (Å²) in [5.41, 5.74) is 6.07. The van der Waals surface area contributed by atoms with Gasteiger partial charge >= 0.3 is 5.97 Å². The first-order chi connectivity index (χ1) is 8.06. The third-order valence-electron chi connectivity index (χ3n) is 2.19. The van der Waals surface area contributed by atoms with E-state index in [0.29, 0.717) is 17.2 Å². The number of nitrogens with two attached hydrogens (primary N) is 1. The molecule has 0 saturated heterocycles. The molecule has 0 heterocycles. The third-order valence-corrected chi connectivity index (χ3v) is 2.19. The van der Waals surface area contributed by atoms with Crippen molar-refractivity contribution in [2.24, 2.45) is 5.73 Å². The number of rotatable bonds is 6. The summed E-state index contributed by atoms with van der Waals surface area (Å²) in [7, 11) is 3.09. The third kappa shape index (κ3) is 3.84. The molecule has 0 amide bonds. The summed E-state index contributed by atoms with van der Waals surface area (Å²) >= 11 is 0. The molecule has 1 rings (SSSR count). The van der Waals surface area contributed by atoms with Crippen LogP contribution >= 0.6 is 0 Å². The monoisotopic (exact) mass is 240 g/mol. The molecule has 1 aromatic rings. The van der Waals surface area contributed by atoms with Gasteiger partial charge in [-0.25, -0.2) is 0 Å². The Morgan fingerprint density at radius 2 is 1.88 bits per heavy atom. The van der Waals surface area contributed by atoms with E-state index in [-0.39, 0.29) is 6.54 Å². The first-order valence-electron chi connectivity index (χ1n) is 5.02. The van der Waals surface area contributed by atoms with Crippen molar-refractivity contribution in [1.82, 2.24) is 0 Å². The lowest BCUT2D eigenvalue weighted by atomic mass is 10.2. The zero-order valence-electron chi connectivity index (χ0n) is 9.77. The van der Waals surface area contributed by atoms with E-state index in [9.17, 15) is 4.79 Å². The molecular weight excluding hydrogens is 224 g/mol. The summed E-state index contributed by atoms with van der Waals surface area (Å²) in [5, 5.41) is 11.6. The molecule has 1 aromatic carbocycles. The van der Waals surface area contributed by atoms with Crippen molar-refractivity contribution in [1.29, 1.82) is 0 Å². The second-order valence-corrected chi connectivity index (χ2v) is 3.43. The second-order valence-electron chi connectivity index (χ2n) is 3.43. The van der Waals surface area contributed by atoms with E-state index in [4.69, 9.17) is 20.3 Å². The maximum Gasteiger partial charge on any atom is 0.322 e. The molecule has 4 N–H and O–H groups in total. The van der Waals surface area contributed by atoms with Gasteiger partial charge in [0.05, 0.1) is 14.2 Å². The highest BCUT2D eigenvalue weighted by Gasteiger charge is 2.11. The molecule has 1 unspecified atom stereocenters. The van der Waals surface area contributed by atoms with Gasteiger partial charge < -0.3 is 25.6 Å². The van der Waals surface area contributed by atoms with Crippen LogP contribution in [0.3, 0.4) is 0 Å². The molecule has 0 aliphatic carbocycles. The van der Waals surface area contributed by atoms with E-state index >= 15 is 0 Å². The number of carboxylic acid groups (broad SMARTS) is 1. The Balaban J connectivity index is 2.73. The van der Waals surface area contributed by atoms with Gasteiger partial charge in [-0.1, -0.05) is 0 Å². The Kier molecular flexibility index (Phi) is 4.59. The predicted octanol–water partition coefficient (Wildman–Crippen LogP) is 0.528. The molecule has 0 radical (unpaired) electrons. The molecule has 0 aliphatic heterocycles. The smallest absolute Gasteiger partial charge is 0.322 e. The number of anilines is 1. The summed E-state index contributed by atoms with van der Waals surface area (Å²) in [6.07, 6.45) is 0. The van der Waals surface area contributed by atoms with Crippen molar-refractivity contribution in [3.05, 3.63) is 18.2 Å². The quantitative estimate of drug-likeness (QED) is 0.671. The fraction of sp³-hybridized carbons (Fsp3) is 0.364. The average molecular weight is 240 g/mol. The van der Waals surface area contributed by atoms with Crippen LogP contribution in [0.5, 0.6) is 11.5 Å². The maximum absolute atomic E-state index is 10.6. The molecular formula is C11H16N2O4. The van der Waals surface area contributed by atoms with Crippen molar-refractivity contribution < 1.29 is 19.4 Å². The van der Waals surface area contributed by atoms with Gasteiger partial charge in [-0.3, -0.25) is 4.79 Å². The lowest BCUT2D eigenvalue weighted by molar-refractivity contribution is -0.138. The molecule has 0 saturated carbocycles. The molecule has 94 valence electrons. The van der Waals surface area contributed by atoms with Crippen LogP contribution in [0, 0.1) is 0 Å².